The lowest BCUT2D eigenvalue weighted by Crippen LogP contribution is -2.22. The monoisotopic (exact) mass is 292 g/mol. The molecular formula is C15H17ClN2S. The van der Waals surface area contributed by atoms with E-state index in [1.807, 2.05) is 18.3 Å². The number of nitrogens with one attached hydrogen (secondary N) is 1. The van der Waals surface area contributed by atoms with E-state index in [1.54, 1.807) is 11.3 Å². The Labute approximate surface area is 122 Å². The van der Waals surface area contributed by atoms with Crippen LogP contribution in [0.1, 0.15) is 34.3 Å². The molecule has 0 saturated heterocycles. The number of hydrogen-bond acceptors (Lipinski definition) is 3. The summed E-state index contributed by atoms with van der Waals surface area (Å²) >= 11 is 7.72. The molecule has 1 atom stereocenters. The largest absolute Gasteiger partial charge is 0.303 e. The maximum absolute atomic E-state index is 5.96. The minimum absolute atomic E-state index is 0.432. The summed E-state index contributed by atoms with van der Waals surface area (Å²) in [5, 5.41) is 5.62. The lowest BCUT2D eigenvalue weighted by molar-refractivity contribution is 0.479. The van der Waals surface area contributed by atoms with E-state index in [9.17, 15) is 0 Å². The summed E-state index contributed by atoms with van der Waals surface area (Å²) < 4.78 is 0. The fourth-order valence-electron chi connectivity index (χ4n) is 2.34. The van der Waals surface area contributed by atoms with Gasteiger partial charge in [-0.15, -0.1) is 11.3 Å². The van der Waals surface area contributed by atoms with E-state index < -0.39 is 0 Å². The summed E-state index contributed by atoms with van der Waals surface area (Å²) in [6.07, 6.45) is 4.57. The SMILES string of the molecule is Cc1cnc(CNC(c2ccc(Cl)cc2)C2CC2)s1. The van der Waals surface area contributed by atoms with Gasteiger partial charge in [-0.05, 0) is 43.4 Å². The van der Waals surface area contributed by atoms with Gasteiger partial charge in [-0.2, -0.15) is 0 Å². The minimum atomic E-state index is 0.432. The highest BCUT2D eigenvalue weighted by molar-refractivity contribution is 7.11. The van der Waals surface area contributed by atoms with Crippen LogP contribution >= 0.6 is 22.9 Å². The number of nitrogens with zero attached hydrogens (tertiary/aromatic N) is 1. The highest BCUT2D eigenvalue weighted by Gasteiger charge is 2.32. The molecule has 2 aromatic rings. The summed E-state index contributed by atoms with van der Waals surface area (Å²) in [6, 6.07) is 8.64. The second kappa shape index (κ2) is 5.61. The van der Waals surface area contributed by atoms with E-state index in [2.05, 4.69) is 29.4 Å². The molecule has 0 radical (unpaired) electrons. The van der Waals surface area contributed by atoms with Crippen molar-refractivity contribution < 1.29 is 0 Å². The molecule has 100 valence electrons. The third kappa shape index (κ3) is 3.35. The van der Waals surface area contributed by atoms with Crippen LogP contribution in [0.4, 0.5) is 0 Å². The van der Waals surface area contributed by atoms with Gasteiger partial charge in [0.15, 0.2) is 0 Å². The molecule has 1 aromatic carbocycles. The topological polar surface area (TPSA) is 24.9 Å². The molecule has 1 aromatic heterocycles. The van der Waals surface area contributed by atoms with Crippen LogP contribution in [0.15, 0.2) is 30.5 Å². The van der Waals surface area contributed by atoms with Crippen LogP contribution in [0.2, 0.25) is 5.02 Å². The molecule has 3 rings (SSSR count). The molecule has 1 saturated carbocycles. The van der Waals surface area contributed by atoms with E-state index in [-0.39, 0.29) is 0 Å². The number of aryl methyl sites for hydroxylation is 1. The van der Waals surface area contributed by atoms with Gasteiger partial charge in [0.05, 0.1) is 0 Å². The average molecular weight is 293 g/mol. The second-order valence-electron chi connectivity index (χ2n) is 5.11. The van der Waals surface area contributed by atoms with Gasteiger partial charge >= 0.3 is 0 Å². The van der Waals surface area contributed by atoms with Crippen molar-refractivity contribution in [3.8, 4) is 0 Å². The summed E-state index contributed by atoms with van der Waals surface area (Å²) in [4.78, 5) is 5.68. The zero-order chi connectivity index (χ0) is 13.2. The normalized spacial score (nSPS) is 16.5. The van der Waals surface area contributed by atoms with Crippen molar-refractivity contribution in [1.82, 2.24) is 10.3 Å². The van der Waals surface area contributed by atoms with Crippen LogP contribution in [0.3, 0.4) is 0 Å². The number of hydrogen-bond donors (Lipinski definition) is 1. The maximum Gasteiger partial charge on any atom is 0.107 e. The van der Waals surface area contributed by atoms with Crippen molar-refractivity contribution in [2.75, 3.05) is 0 Å². The molecule has 1 N–H and O–H groups in total. The third-order valence-corrected chi connectivity index (χ3v) is 4.63. The fourth-order valence-corrected chi connectivity index (χ4v) is 3.20. The van der Waals surface area contributed by atoms with Gasteiger partial charge < -0.3 is 5.32 Å². The smallest absolute Gasteiger partial charge is 0.107 e. The summed E-state index contributed by atoms with van der Waals surface area (Å²) in [5.41, 5.74) is 1.33. The van der Waals surface area contributed by atoms with Crippen molar-refractivity contribution in [1.29, 1.82) is 0 Å². The Hall–Kier alpha value is -0.900. The predicted molar refractivity (Wildman–Crippen MR) is 80.6 cm³/mol. The first-order valence-electron chi connectivity index (χ1n) is 6.62. The van der Waals surface area contributed by atoms with Gasteiger partial charge in [-0.3, -0.25) is 0 Å². The van der Waals surface area contributed by atoms with Crippen molar-refractivity contribution in [3.63, 3.8) is 0 Å². The summed E-state index contributed by atoms with van der Waals surface area (Å²) in [7, 11) is 0. The van der Waals surface area contributed by atoms with Gasteiger partial charge in [0.25, 0.3) is 0 Å². The Balaban J connectivity index is 1.69. The van der Waals surface area contributed by atoms with E-state index in [1.165, 1.54) is 23.3 Å². The van der Waals surface area contributed by atoms with E-state index in [4.69, 9.17) is 11.6 Å². The van der Waals surface area contributed by atoms with Gasteiger partial charge in [0.1, 0.15) is 5.01 Å². The standard InChI is InChI=1S/C15H17ClN2S/c1-10-8-17-14(19-10)9-18-15(11-2-3-11)12-4-6-13(16)7-5-12/h4-8,11,15,18H,2-3,9H2,1H3. The highest BCUT2D eigenvalue weighted by Crippen LogP contribution is 2.41. The van der Waals surface area contributed by atoms with Crippen LogP contribution in [0.25, 0.3) is 0 Å². The molecule has 19 heavy (non-hydrogen) atoms. The minimum Gasteiger partial charge on any atom is -0.303 e. The first-order valence-corrected chi connectivity index (χ1v) is 7.82. The van der Waals surface area contributed by atoms with Crippen LogP contribution in [0, 0.1) is 12.8 Å². The second-order valence-corrected chi connectivity index (χ2v) is 6.87. The van der Waals surface area contributed by atoms with E-state index in [0.717, 1.165) is 22.5 Å². The molecule has 1 heterocycles. The number of rotatable bonds is 5. The quantitative estimate of drug-likeness (QED) is 0.886. The third-order valence-electron chi connectivity index (χ3n) is 3.46. The number of benzene rings is 1. The van der Waals surface area contributed by atoms with Crippen LogP contribution < -0.4 is 5.32 Å². The maximum atomic E-state index is 5.96. The number of aromatic nitrogens is 1. The van der Waals surface area contributed by atoms with Gasteiger partial charge in [-0.25, -0.2) is 4.98 Å². The molecule has 1 fully saturated rings. The molecule has 1 aliphatic carbocycles. The Kier molecular flexibility index (Phi) is 3.87. The van der Waals surface area contributed by atoms with Gasteiger partial charge in [0.2, 0.25) is 0 Å². The molecule has 0 aliphatic heterocycles. The van der Waals surface area contributed by atoms with E-state index in [0.29, 0.717) is 6.04 Å². The molecule has 1 aliphatic rings. The van der Waals surface area contributed by atoms with Gasteiger partial charge in [0, 0.05) is 28.7 Å². The van der Waals surface area contributed by atoms with E-state index >= 15 is 0 Å². The Morgan fingerprint density at radius 2 is 2.11 bits per heavy atom. The van der Waals surface area contributed by atoms with Crippen molar-refractivity contribution in [2.24, 2.45) is 5.92 Å². The lowest BCUT2D eigenvalue weighted by atomic mass is 10.0. The molecule has 0 amide bonds. The zero-order valence-corrected chi connectivity index (χ0v) is 12.5. The molecule has 1 unspecified atom stereocenters. The first-order chi connectivity index (χ1) is 9.22. The van der Waals surface area contributed by atoms with Crippen molar-refractivity contribution in [2.45, 2.75) is 32.4 Å². The molecule has 0 spiro atoms. The van der Waals surface area contributed by atoms with Crippen molar-refractivity contribution >= 4 is 22.9 Å². The van der Waals surface area contributed by atoms with Crippen LogP contribution in [0.5, 0.6) is 0 Å². The average Bonchev–Trinajstić information content (AvgIpc) is 3.15. The number of halogens is 1. The molecular weight excluding hydrogens is 276 g/mol. The molecule has 0 bridgehead atoms. The highest BCUT2D eigenvalue weighted by atomic mass is 35.5. The molecule has 4 heteroatoms. The lowest BCUT2D eigenvalue weighted by Gasteiger charge is -2.18. The predicted octanol–water partition coefficient (Wildman–Crippen LogP) is 4.35. The number of thiazole rings is 1. The summed E-state index contributed by atoms with van der Waals surface area (Å²) in [6.45, 7) is 2.95. The summed E-state index contributed by atoms with van der Waals surface area (Å²) in [5.74, 6) is 0.766. The molecule has 2 nitrogen and oxygen atoms in total. The Morgan fingerprint density at radius 1 is 1.37 bits per heavy atom. The first kappa shape index (κ1) is 13.1. The van der Waals surface area contributed by atoms with Gasteiger partial charge in [-0.1, -0.05) is 23.7 Å². The zero-order valence-electron chi connectivity index (χ0n) is 10.9. The Bertz CT molecular complexity index is 546. The van der Waals surface area contributed by atoms with Crippen molar-refractivity contribution in [3.05, 3.63) is 50.9 Å². The van der Waals surface area contributed by atoms with Crippen LogP contribution in [-0.2, 0) is 6.54 Å². The Morgan fingerprint density at radius 3 is 2.68 bits per heavy atom. The van der Waals surface area contributed by atoms with Crippen LogP contribution in [-0.4, -0.2) is 4.98 Å². The fraction of sp³-hybridized carbons (Fsp3) is 0.400.